The molecule has 0 aliphatic carbocycles. The van der Waals surface area contributed by atoms with Crippen molar-refractivity contribution in [2.24, 2.45) is 5.84 Å². The van der Waals surface area contributed by atoms with Gasteiger partial charge in [0, 0.05) is 17.8 Å². The van der Waals surface area contributed by atoms with Gasteiger partial charge in [-0.05, 0) is 31.0 Å². The number of thiazole rings is 1. The van der Waals surface area contributed by atoms with Gasteiger partial charge in [-0.1, -0.05) is 29.3 Å². The average molecular weight is 316 g/mol. The summed E-state index contributed by atoms with van der Waals surface area (Å²) in [5.74, 6) is 5.61. The Morgan fingerprint density at radius 2 is 2.11 bits per heavy atom. The number of aromatic nitrogens is 1. The van der Waals surface area contributed by atoms with Gasteiger partial charge in [-0.25, -0.2) is 4.98 Å². The molecule has 0 saturated carbocycles. The molecule has 1 atom stereocenters. The number of hydrazine groups is 1. The number of hydrogen-bond donors (Lipinski definition) is 2. The highest BCUT2D eigenvalue weighted by molar-refractivity contribution is 7.09. The van der Waals surface area contributed by atoms with Crippen LogP contribution in [0.5, 0.6) is 0 Å². The van der Waals surface area contributed by atoms with E-state index >= 15 is 0 Å². The van der Waals surface area contributed by atoms with Crippen LogP contribution in [0.3, 0.4) is 0 Å². The van der Waals surface area contributed by atoms with Crippen LogP contribution in [0.25, 0.3) is 0 Å². The molecule has 3 N–H and O–H groups in total. The van der Waals surface area contributed by atoms with Gasteiger partial charge in [0.15, 0.2) is 0 Å². The van der Waals surface area contributed by atoms with Crippen molar-refractivity contribution in [1.29, 1.82) is 0 Å². The van der Waals surface area contributed by atoms with Gasteiger partial charge >= 0.3 is 0 Å². The first-order valence-corrected chi connectivity index (χ1v) is 7.53. The van der Waals surface area contributed by atoms with E-state index in [0.717, 1.165) is 29.1 Å². The van der Waals surface area contributed by atoms with Crippen molar-refractivity contribution < 1.29 is 0 Å². The van der Waals surface area contributed by atoms with Crippen molar-refractivity contribution in [2.75, 3.05) is 0 Å². The van der Waals surface area contributed by atoms with Gasteiger partial charge in [-0.2, -0.15) is 0 Å². The van der Waals surface area contributed by atoms with Gasteiger partial charge in [0.1, 0.15) is 0 Å². The molecule has 2 aromatic rings. The number of halogens is 2. The number of nitrogens with two attached hydrogens (primary N) is 1. The quantitative estimate of drug-likeness (QED) is 0.657. The van der Waals surface area contributed by atoms with Crippen LogP contribution in [0.2, 0.25) is 10.0 Å². The third-order valence-corrected chi connectivity index (χ3v) is 4.39. The second-order valence-electron chi connectivity index (χ2n) is 4.38. The Labute approximate surface area is 126 Å². The van der Waals surface area contributed by atoms with Crippen LogP contribution in [0.15, 0.2) is 23.6 Å². The Kier molecular flexibility index (Phi) is 5.19. The summed E-state index contributed by atoms with van der Waals surface area (Å²) in [7, 11) is 0. The molecule has 0 fully saturated rings. The van der Waals surface area contributed by atoms with E-state index in [0.29, 0.717) is 10.0 Å². The lowest BCUT2D eigenvalue weighted by Gasteiger charge is -2.15. The number of benzene rings is 1. The van der Waals surface area contributed by atoms with Crippen molar-refractivity contribution in [1.82, 2.24) is 10.4 Å². The summed E-state index contributed by atoms with van der Waals surface area (Å²) in [6.45, 7) is 2.00. The van der Waals surface area contributed by atoms with E-state index in [1.54, 1.807) is 17.4 Å². The third-order valence-electron chi connectivity index (χ3n) is 2.82. The maximum absolute atomic E-state index is 6.01. The van der Waals surface area contributed by atoms with E-state index in [1.165, 1.54) is 0 Å². The summed E-state index contributed by atoms with van der Waals surface area (Å²) in [4.78, 5) is 4.45. The summed E-state index contributed by atoms with van der Waals surface area (Å²) >= 11 is 13.6. The second kappa shape index (κ2) is 6.68. The van der Waals surface area contributed by atoms with Crippen LogP contribution < -0.4 is 11.3 Å². The molecule has 6 heteroatoms. The fourth-order valence-corrected chi connectivity index (χ4v) is 2.84. The summed E-state index contributed by atoms with van der Waals surface area (Å²) < 4.78 is 0. The molecule has 1 aromatic heterocycles. The average Bonchev–Trinajstić information content (AvgIpc) is 2.78. The molecule has 1 aromatic carbocycles. The zero-order valence-corrected chi connectivity index (χ0v) is 12.8. The zero-order valence-electron chi connectivity index (χ0n) is 10.5. The smallest absolute Gasteiger partial charge is 0.0897 e. The summed E-state index contributed by atoms with van der Waals surface area (Å²) in [5, 5.41) is 4.27. The van der Waals surface area contributed by atoms with E-state index in [4.69, 9.17) is 29.0 Å². The van der Waals surface area contributed by atoms with Crippen molar-refractivity contribution in [3.05, 3.63) is 49.9 Å². The van der Waals surface area contributed by atoms with Crippen molar-refractivity contribution in [2.45, 2.75) is 25.8 Å². The minimum absolute atomic E-state index is 0.124. The molecule has 0 bridgehead atoms. The van der Waals surface area contributed by atoms with Crippen LogP contribution >= 0.6 is 34.5 Å². The highest BCUT2D eigenvalue weighted by atomic mass is 35.5. The number of aryl methyl sites for hydroxylation is 1. The first kappa shape index (κ1) is 14.8. The van der Waals surface area contributed by atoms with Crippen LogP contribution in [-0.4, -0.2) is 11.0 Å². The minimum Gasteiger partial charge on any atom is -0.271 e. The molecule has 0 saturated heterocycles. The molecule has 1 unspecified atom stereocenters. The number of nitrogens with zero attached hydrogens (tertiary/aromatic N) is 1. The Morgan fingerprint density at radius 1 is 1.32 bits per heavy atom. The molecule has 102 valence electrons. The first-order chi connectivity index (χ1) is 9.08. The first-order valence-electron chi connectivity index (χ1n) is 5.89. The van der Waals surface area contributed by atoms with E-state index < -0.39 is 0 Å². The largest absolute Gasteiger partial charge is 0.271 e. The zero-order chi connectivity index (χ0) is 13.8. The number of rotatable bonds is 5. The molecule has 0 spiro atoms. The maximum atomic E-state index is 6.01. The summed E-state index contributed by atoms with van der Waals surface area (Å²) in [5.41, 5.74) is 4.99. The van der Waals surface area contributed by atoms with E-state index in [1.807, 2.05) is 19.1 Å². The van der Waals surface area contributed by atoms with Gasteiger partial charge in [0.05, 0.1) is 20.7 Å². The van der Waals surface area contributed by atoms with Crippen LogP contribution in [0.4, 0.5) is 0 Å². The Bertz CT molecular complexity index is 557. The minimum atomic E-state index is 0.124. The van der Waals surface area contributed by atoms with Crippen molar-refractivity contribution >= 4 is 34.5 Å². The molecule has 2 rings (SSSR count). The fraction of sp³-hybridized carbons (Fsp3) is 0.308. The second-order valence-corrected chi connectivity index (χ2v) is 6.25. The molecule has 0 aliphatic heterocycles. The highest BCUT2D eigenvalue weighted by Crippen LogP contribution is 2.23. The van der Waals surface area contributed by atoms with Gasteiger partial charge in [0.25, 0.3) is 0 Å². The molecule has 19 heavy (non-hydrogen) atoms. The molecule has 0 amide bonds. The molecule has 3 nitrogen and oxygen atoms in total. The standard InChI is InChI=1S/C13H15Cl2N3S/c1-8-17-11(7-19-8)6-10(18-16)4-9-2-3-12(14)13(15)5-9/h2-3,5,7,10,18H,4,6,16H2,1H3. The normalized spacial score (nSPS) is 12.6. The van der Waals surface area contributed by atoms with Gasteiger partial charge in [0.2, 0.25) is 0 Å². The third kappa shape index (κ3) is 4.16. The van der Waals surface area contributed by atoms with Gasteiger partial charge in [-0.3, -0.25) is 11.3 Å². The SMILES string of the molecule is Cc1nc(CC(Cc2ccc(Cl)c(Cl)c2)NN)cs1. The van der Waals surface area contributed by atoms with Gasteiger partial charge < -0.3 is 0 Å². The highest BCUT2D eigenvalue weighted by Gasteiger charge is 2.11. The lowest BCUT2D eigenvalue weighted by molar-refractivity contribution is 0.518. The van der Waals surface area contributed by atoms with Crippen molar-refractivity contribution in [3.8, 4) is 0 Å². The van der Waals surface area contributed by atoms with Gasteiger partial charge in [-0.15, -0.1) is 11.3 Å². The van der Waals surface area contributed by atoms with E-state index in [2.05, 4.69) is 15.8 Å². The molecular formula is C13H15Cl2N3S. The van der Waals surface area contributed by atoms with E-state index in [9.17, 15) is 0 Å². The number of nitrogens with one attached hydrogen (secondary N) is 1. The molecule has 1 heterocycles. The Balaban J connectivity index is 2.04. The van der Waals surface area contributed by atoms with Crippen LogP contribution in [-0.2, 0) is 12.8 Å². The van der Waals surface area contributed by atoms with Crippen LogP contribution in [0, 0.1) is 6.92 Å². The predicted octanol–water partition coefficient (Wildman–Crippen LogP) is 3.38. The number of hydrogen-bond acceptors (Lipinski definition) is 4. The lowest BCUT2D eigenvalue weighted by atomic mass is 10.0. The maximum Gasteiger partial charge on any atom is 0.0897 e. The van der Waals surface area contributed by atoms with Crippen molar-refractivity contribution in [3.63, 3.8) is 0 Å². The Hall–Kier alpha value is -0.650. The topological polar surface area (TPSA) is 50.9 Å². The summed E-state index contributed by atoms with van der Waals surface area (Å²) in [6, 6.07) is 5.77. The monoisotopic (exact) mass is 315 g/mol. The lowest BCUT2D eigenvalue weighted by Crippen LogP contribution is -2.38. The predicted molar refractivity (Wildman–Crippen MR) is 81.8 cm³/mol. The molecule has 0 radical (unpaired) electrons. The van der Waals surface area contributed by atoms with E-state index in [-0.39, 0.29) is 6.04 Å². The van der Waals surface area contributed by atoms with Crippen LogP contribution in [0.1, 0.15) is 16.3 Å². The molecular weight excluding hydrogens is 301 g/mol. The summed E-state index contributed by atoms with van der Waals surface area (Å²) in [6.07, 6.45) is 1.57. The molecule has 0 aliphatic rings. The fourth-order valence-electron chi connectivity index (χ4n) is 1.90. The Morgan fingerprint density at radius 3 is 2.68 bits per heavy atom.